The fraction of sp³-hybridized carbons (Fsp3) is 0.167. The molecule has 1 unspecified atom stereocenters. The summed E-state index contributed by atoms with van der Waals surface area (Å²) in [4.78, 5) is 38.4. The van der Waals surface area contributed by atoms with Crippen molar-refractivity contribution in [3.8, 4) is 0 Å². The molecule has 1 heterocycles. The number of carbonyl (C=O) groups excluding carboxylic acids is 3. The van der Waals surface area contributed by atoms with Gasteiger partial charge >= 0.3 is 5.97 Å². The average molecular weight is 309 g/mol. The third kappa shape index (κ3) is 2.12. The largest absolute Gasteiger partial charge is 0.426 e. The molecule has 0 saturated carbocycles. The highest BCUT2D eigenvalue weighted by Gasteiger charge is 2.57. The van der Waals surface area contributed by atoms with Crippen LogP contribution in [0, 0.1) is 0 Å². The number of anilines is 1. The number of Topliss-reactive ketones (excluding diaryl/α,β-unsaturated/α-hetero) is 1. The van der Waals surface area contributed by atoms with Gasteiger partial charge in [-0.2, -0.15) is 0 Å². The molecule has 0 fully saturated rings. The number of hydrogen-bond donors (Lipinski definition) is 0. The van der Waals surface area contributed by atoms with Gasteiger partial charge in [-0.05, 0) is 12.1 Å². The zero-order valence-corrected chi connectivity index (χ0v) is 12.8. The molecule has 0 spiro atoms. The molecule has 1 atom stereocenters. The summed E-state index contributed by atoms with van der Waals surface area (Å²) in [5, 5.41) is 0. The summed E-state index contributed by atoms with van der Waals surface area (Å²) >= 11 is 0. The van der Waals surface area contributed by atoms with Crippen LogP contribution < -0.4 is 4.90 Å². The van der Waals surface area contributed by atoms with Crippen molar-refractivity contribution in [3.05, 3.63) is 65.7 Å². The summed E-state index contributed by atoms with van der Waals surface area (Å²) in [5.74, 6) is -1.45. The molecule has 5 nitrogen and oxygen atoms in total. The monoisotopic (exact) mass is 309 g/mol. The van der Waals surface area contributed by atoms with Crippen molar-refractivity contribution in [1.82, 2.24) is 0 Å². The van der Waals surface area contributed by atoms with E-state index in [1.54, 1.807) is 54.6 Å². The fourth-order valence-corrected chi connectivity index (χ4v) is 2.99. The molecular weight excluding hydrogens is 294 g/mol. The minimum Gasteiger partial charge on any atom is -0.426 e. The lowest BCUT2D eigenvalue weighted by molar-refractivity contribution is -0.154. The molecule has 0 bridgehead atoms. The molecule has 0 aromatic heterocycles. The molecule has 2 aromatic rings. The first kappa shape index (κ1) is 15.0. The van der Waals surface area contributed by atoms with Crippen LogP contribution in [0.25, 0.3) is 0 Å². The maximum Gasteiger partial charge on any atom is 0.305 e. The van der Waals surface area contributed by atoms with Crippen molar-refractivity contribution >= 4 is 23.3 Å². The smallest absolute Gasteiger partial charge is 0.305 e. The van der Waals surface area contributed by atoms with Gasteiger partial charge < -0.3 is 4.74 Å². The van der Waals surface area contributed by atoms with E-state index in [4.69, 9.17) is 4.74 Å². The molecule has 0 radical (unpaired) electrons. The number of benzene rings is 2. The fourth-order valence-electron chi connectivity index (χ4n) is 2.99. The summed E-state index contributed by atoms with van der Waals surface area (Å²) in [7, 11) is 0. The predicted octanol–water partition coefficient (Wildman–Crippen LogP) is 2.65. The van der Waals surface area contributed by atoms with Crippen LogP contribution in [0.5, 0.6) is 0 Å². The Balaban J connectivity index is 2.32. The van der Waals surface area contributed by atoms with Crippen LogP contribution >= 0.6 is 0 Å². The van der Waals surface area contributed by atoms with Gasteiger partial charge in [-0.1, -0.05) is 42.5 Å². The van der Waals surface area contributed by atoms with E-state index in [0.29, 0.717) is 16.8 Å². The molecule has 1 aliphatic heterocycles. The van der Waals surface area contributed by atoms with Crippen molar-refractivity contribution in [2.24, 2.45) is 0 Å². The lowest BCUT2D eigenvalue weighted by atomic mass is 9.96. The van der Waals surface area contributed by atoms with Crippen LogP contribution in [-0.4, -0.2) is 17.7 Å². The predicted molar refractivity (Wildman–Crippen MR) is 83.8 cm³/mol. The zero-order chi connectivity index (χ0) is 16.6. The average Bonchev–Trinajstić information content (AvgIpc) is 2.78. The first-order valence-corrected chi connectivity index (χ1v) is 7.18. The third-order valence-corrected chi connectivity index (χ3v) is 3.78. The van der Waals surface area contributed by atoms with Crippen LogP contribution in [0.4, 0.5) is 5.69 Å². The van der Waals surface area contributed by atoms with E-state index in [2.05, 4.69) is 0 Å². The van der Waals surface area contributed by atoms with Crippen molar-refractivity contribution in [3.63, 3.8) is 0 Å². The second-order valence-corrected chi connectivity index (χ2v) is 5.30. The van der Waals surface area contributed by atoms with E-state index >= 15 is 0 Å². The lowest BCUT2D eigenvalue weighted by Gasteiger charge is -2.35. The molecule has 0 N–H and O–H groups in total. The summed E-state index contributed by atoms with van der Waals surface area (Å²) in [5.41, 5.74) is -0.558. The lowest BCUT2D eigenvalue weighted by Crippen LogP contribution is -2.52. The van der Waals surface area contributed by atoms with Crippen LogP contribution in [0.2, 0.25) is 0 Å². The summed E-state index contributed by atoms with van der Waals surface area (Å²) in [6.45, 7) is 2.57. The zero-order valence-electron chi connectivity index (χ0n) is 12.8. The number of nitrogens with zero attached hydrogens (tertiary/aromatic N) is 1. The van der Waals surface area contributed by atoms with Gasteiger partial charge in [-0.25, -0.2) is 0 Å². The Kier molecular flexibility index (Phi) is 3.48. The van der Waals surface area contributed by atoms with Gasteiger partial charge in [0.1, 0.15) is 0 Å². The van der Waals surface area contributed by atoms with Gasteiger partial charge in [0.15, 0.2) is 0 Å². The van der Waals surface area contributed by atoms with Crippen LogP contribution in [0.1, 0.15) is 29.8 Å². The number of carbonyl (C=O) groups is 3. The molecule has 116 valence electrons. The van der Waals surface area contributed by atoms with Gasteiger partial charge in [-0.15, -0.1) is 0 Å². The highest BCUT2D eigenvalue weighted by Crippen LogP contribution is 2.45. The van der Waals surface area contributed by atoms with Gasteiger partial charge in [0, 0.05) is 25.0 Å². The van der Waals surface area contributed by atoms with Crippen molar-refractivity contribution in [2.45, 2.75) is 19.6 Å². The summed E-state index contributed by atoms with van der Waals surface area (Å²) < 4.78 is 5.47. The normalized spacial score (nSPS) is 19.4. The maximum absolute atomic E-state index is 13.1. The summed E-state index contributed by atoms with van der Waals surface area (Å²) in [6.07, 6.45) is 0. The van der Waals surface area contributed by atoms with Crippen LogP contribution in [0.15, 0.2) is 54.6 Å². The Bertz CT molecular complexity index is 800. The van der Waals surface area contributed by atoms with Crippen LogP contribution in [-0.2, 0) is 20.1 Å². The van der Waals surface area contributed by atoms with Crippen molar-refractivity contribution in [1.29, 1.82) is 0 Å². The Morgan fingerprint density at radius 1 is 0.957 bits per heavy atom. The van der Waals surface area contributed by atoms with E-state index in [1.807, 2.05) is 0 Å². The first-order chi connectivity index (χ1) is 11.0. The number of fused-ring (bicyclic) bond motifs is 1. The highest BCUT2D eigenvalue weighted by atomic mass is 16.6. The Labute approximate surface area is 133 Å². The number of amides is 1. The second-order valence-electron chi connectivity index (χ2n) is 5.30. The van der Waals surface area contributed by atoms with Gasteiger partial charge in [-0.3, -0.25) is 19.3 Å². The van der Waals surface area contributed by atoms with Gasteiger partial charge in [0.2, 0.25) is 11.7 Å². The van der Waals surface area contributed by atoms with Gasteiger partial charge in [0.25, 0.3) is 5.72 Å². The topological polar surface area (TPSA) is 63.7 Å². The SMILES string of the molecule is CC(=O)OC1(c2ccccc2)C(=O)c2ccccc2N1C(C)=O. The molecule has 1 aliphatic rings. The molecule has 2 aromatic carbocycles. The molecule has 5 heteroatoms. The Morgan fingerprint density at radius 3 is 2.17 bits per heavy atom. The van der Waals surface area contributed by atoms with Crippen LogP contribution in [0.3, 0.4) is 0 Å². The Hall–Kier alpha value is -2.95. The minimum atomic E-state index is -1.79. The highest BCUT2D eigenvalue weighted by molar-refractivity contribution is 6.20. The molecule has 0 aliphatic carbocycles. The number of esters is 1. The number of rotatable bonds is 2. The molecule has 23 heavy (non-hydrogen) atoms. The van der Waals surface area contributed by atoms with E-state index in [-0.39, 0.29) is 5.91 Å². The van der Waals surface area contributed by atoms with Crippen molar-refractivity contribution < 1.29 is 19.1 Å². The second kappa shape index (κ2) is 5.35. The summed E-state index contributed by atoms with van der Waals surface area (Å²) in [6, 6.07) is 15.3. The van der Waals surface area contributed by atoms with Crippen molar-refractivity contribution in [2.75, 3.05) is 4.90 Å². The minimum absolute atomic E-state index is 0.354. The number of hydrogen-bond acceptors (Lipinski definition) is 4. The third-order valence-electron chi connectivity index (χ3n) is 3.78. The number of ketones is 1. The molecular formula is C18H15NO4. The molecule has 3 rings (SSSR count). The van der Waals surface area contributed by atoms with E-state index in [0.717, 1.165) is 0 Å². The quantitative estimate of drug-likeness (QED) is 0.800. The molecule has 0 saturated heterocycles. The molecule has 1 amide bonds. The Morgan fingerprint density at radius 2 is 1.57 bits per heavy atom. The van der Waals surface area contributed by atoms with E-state index < -0.39 is 17.5 Å². The number of ether oxygens (including phenoxy) is 1. The first-order valence-electron chi connectivity index (χ1n) is 7.18. The van der Waals surface area contributed by atoms with E-state index in [1.165, 1.54) is 18.7 Å². The number of para-hydroxylation sites is 1. The van der Waals surface area contributed by atoms with E-state index in [9.17, 15) is 14.4 Å². The van der Waals surface area contributed by atoms with Gasteiger partial charge in [0.05, 0.1) is 5.69 Å². The standard InChI is InChI=1S/C18H15NO4/c1-12(20)19-16-11-7-6-10-15(16)17(22)18(19,23-13(2)21)14-8-4-3-5-9-14/h3-11H,1-2H3. The maximum atomic E-state index is 13.1.